The summed E-state index contributed by atoms with van der Waals surface area (Å²) >= 11 is 0. The number of carbonyl (C=O) groups is 3. The molecule has 0 radical (unpaired) electrons. The molecule has 7 heteroatoms. The molecule has 0 bridgehead atoms. The Morgan fingerprint density at radius 3 is 2.29 bits per heavy atom. The summed E-state index contributed by atoms with van der Waals surface area (Å²) in [5, 5.41) is 3.14. The number of ether oxygens (including phenoxy) is 2. The van der Waals surface area contributed by atoms with Crippen LogP contribution >= 0.6 is 0 Å². The molecule has 1 fully saturated rings. The van der Waals surface area contributed by atoms with Gasteiger partial charge < -0.3 is 24.5 Å². The molecule has 0 aromatic heterocycles. The first kappa shape index (κ1) is 30.0. The lowest BCUT2D eigenvalue weighted by atomic mass is 9.63. The fraction of sp³-hybridized carbons (Fsp3) is 0.382. The molecule has 7 nitrogen and oxygen atoms in total. The van der Waals surface area contributed by atoms with Gasteiger partial charge in [-0.3, -0.25) is 9.59 Å². The predicted octanol–water partition coefficient (Wildman–Crippen LogP) is 5.13. The topological polar surface area (TPSA) is 84.9 Å². The molecular weight excluding hydrogens is 516 g/mol. The van der Waals surface area contributed by atoms with Crippen molar-refractivity contribution in [3.8, 4) is 5.75 Å². The number of nitrogens with zero attached hydrogens (tertiary/aromatic N) is 1. The van der Waals surface area contributed by atoms with Crippen molar-refractivity contribution in [2.75, 3.05) is 33.4 Å². The molecule has 2 amide bonds. The van der Waals surface area contributed by atoms with Gasteiger partial charge in [0, 0.05) is 31.2 Å². The summed E-state index contributed by atoms with van der Waals surface area (Å²) in [5.74, 6) is 0.453. The highest BCUT2D eigenvalue weighted by Crippen LogP contribution is 2.47. The Hall–Kier alpha value is -3.97. The molecule has 216 valence electrons. The first-order chi connectivity index (χ1) is 20.1. The van der Waals surface area contributed by atoms with Gasteiger partial charge >= 0.3 is 0 Å². The zero-order valence-corrected chi connectivity index (χ0v) is 24.0. The molecule has 3 aromatic carbocycles. The maximum absolute atomic E-state index is 13.9. The Bertz CT molecular complexity index is 1310. The smallest absolute Gasteiger partial charge is 0.255 e. The van der Waals surface area contributed by atoms with Crippen molar-refractivity contribution in [2.24, 2.45) is 0 Å². The van der Waals surface area contributed by atoms with Crippen molar-refractivity contribution in [1.82, 2.24) is 10.2 Å². The number of carbonyl (C=O) groups excluding carboxylic acids is 3. The molecule has 0 spiro atoms. The number of nitrogens with one attached hydrogen (secondary N) is 1. The van der Waals surface area contributed by atoms with Gasteiger partial charge in [0.1, 0.15) is 12.5 Å². The summed E-state index contributed by atoms with van der Waals surface area (Å²) in [6.07, 6.45) is 3.11. The second-order valence-corrected chi connectivity index (χ2v) is 10.5. The minimum atomic E-state index is -0.263. The van der Waals surface area contributed by atoms with E-state index in [0.29, 0.717) is 37.6 Å². The Balaban J connectivity index is 0.00000189. The van der Waals surface area contributed by atoms with Gasteiger partial charge in [0.15, 0.2) is 0 Å². The van der Waals surface area contributed by atoms with Gasteiger partial charge in [0.2, 0.25) is 5.91 Å². The zero-order valence-electron chi connectivity index (χ0n) is 24.0. The summed E-state index contributed by atoms with van der Waals surface area (Å²) in [6.45, 7) is 6.56. The minimum Gasteiger partial charge on any atom is -0.496 e. The van der Waals surface area contributed by atoms with E-state index in [-0.39, 0.29) is 29.2 Å². The van der Waals surface area contributed by atoms with Crippen LogP contribution in [0.3, 0.4) is 0 Å². The zero-order chi connectivity index (χ0) is 29.2. The van der Waals surface area contributed by atoms with E-state index in [1.807, 2.05) is 42.9 Å². The van der Waals surface area contributed by atoms with E-state index in [1.165, 1.54) is 11.1 Å². The second kappa shape index (κ2) is 14.1. The van der Waals surface area contributed by atoms with E-state index in [4.69, 9.17) is 14.3 Å². The van der Waals surface area contributed by atoms with E-state index in [2.05, 4.69) is 47.8 Å². The summed E-state index contributed by atoms with van der Waals surface area (Å²) in [5.41, 5.74) is 3.83. The van der Waals surface area contributed by atoms with Crippen LogP contribution in [0.25, 0.3) is 0 Å². The Labute approximate surface area is 242 Å². The number of amides is 2. The molecule has 1 aliphatic carbocycles. The molecule has 1 N–H and O–H groups in total. The van der Waals surface area contributed by atoms with Crippen molar-refractivity contribution in [1.29, 1.82) is 0 Å². The molecule has 1 aliphatic heterocycles. The van der Waals surface area contributed by atoms with Crippen molar-refractivity contribution < 1.29 is 23.9 Å². The van der Waals surface area contributed by atoms with E-state index in [1.54, 1.807) is 19.2 Å². The van der Waals surface area contributed by atoms with Crippen molar-refractivity contribution in [2.45, 2.75) is 50.0 Å². The first-order valence-electron chi connectivity index (χ1n) is 14.3. The number of piperidine rings is 1. The first-order valence-corrected chi connectivity index (χ1v) is 14.3. The molecule has 5 rings (SSSR count). The minimum absolute atomic E-state index is 0.0297. The SMILES string of the molecule is C=O.CCOC[C@@]1(c2ccccc2)CC[C@H](C(=O)N2CCC(NC(=O)c3ccccc3OC)CC2)c2ccccc21. The third-order valence-electron chi connectivity index (χ3n) is 8.38. The summed E-state index contributed by atoms with van der Waals surface area (Å²) in [6, 6.07) is 26.3. The number of methoxy groups -OCH3 is 1. The van der Waals surface area contributed by atoms with Crippen LogP contribution in [0.4, 0.5) is 0 Å². The van der Waals surface area contributed by atoms with E-state index in [0.717, 1.165) is 31.2 Å². The number of fused-ring (bicyclic) bond motifs is 1. The maximum Gasteiger partial charge on any atom is 0.255 e. The number of likely N-dealkylation sites (tertiary alicyclic amines) is 1. The van der Waals surface area contributed by atoms with Crippen LogP contribution in [0.2, 0.25) is 0 Å². The van der Waals surface area contributed by atoms with Gasteiger partial charge in [0.05, 0.1) is 25.2 Å². The van der Waals surface area contributed by atoms with E-state index >= 15 is 0 Å². The summed E-state index contributed by atoms with van der Waals surface area (Å²) in [7, 11) is 1.57. The van der Waals surface area contributed by atoms with Gasteiger partial charge in [-0.2, -0.15) is 0 Å². The van der Waals surface area contributed by atoms with Crippen molar-refractivity contribution in [3.63, 3.8) is 0 Å². The largest absolute Gasteiger partial charge is 0.496 e. The number of hydrogen-bond acceptors (Lipinski definition) is 5. The highest BCUT2D eigenvalue weighted by molar-refractivity contribution is 5.97. The molecule has 0 saturated carbocycles. The van der Waals surface area contributed by atoms with E-state index in [9.17, 15) is 9.59 Å². The van der Waals surface area contributed by atoms with Crippen LogP contribution in [0.1, 0.15) is 65.6 Å². The molecule has 2 aliphatic rings. The van der Waals surface area contributed by atoms with Crippen LogP contribution in [0.15, 0.2) is 78.9 Å². The molecule has 2 atom stereocenters. The molecule has 3 aromatic rings. The maximum atomic E-state index is 13.9. The van der Waals surface area contributed by atoms with Crippen molar-refractivity contribution in [3.05, 3.63) is 101 Å². The Morgan fingerprint density at radius 1 is 0.927 bits per heavy atom. The van der Waals surface area contributed by atoms with Gasteiger partial charge in [-0.05, 0) is 61.4 Å². The van der Waals surface area contributed by atoms with Crippen molar-refractivity contribution >= 4 is 18.6 Å². The van der Waals surface area contributed by atoms with Gasteiger partial charge in [-0.15, -0.1) is 0 Å². The number of rotatable bonds is 8. The monoisotopic (exact) mass is 556 g/mol. The number of hydrogen-bond donors (Lipinski definition) is 1. The molecule has 41 heavy (non-hydrogen) atoms. The lowest BCUT2D eigenvalue weighted by molar-refractivity contribution is -0.134. The third kappa shape index (κ3) is 6.35. The molecule has 1 heterocycles. The third-order valence-corrected chi connectivity index (χ3v) is 8.38. The van der Waals surface area contributed by atoms with Gasteiger partial charge in [-0.25, -0.2) is 0 Å². The molecule has 0 unspecified atom stereocenters. The van der Waals surface area contributed by atoms with E-state index < -0.39 is 0 Å². The standard InChI is InChI=1S/C33H38N2O4.CH2O/c1-3-39-23-33(24-11-5-4-6-12-24)20-17-27(26-13-7-9-15-29(26)33)32(37)35-21-18-25(19-22-35)34-31(36)28-14-8-10-16-30(28)38-2;1-2/h4-16,25,27H,3,17-23H2,1-2H3,(H,34,36);1H2/t27-,33+;/m0./s1. The highest BCUT2D eigenvalue weighted by atomic mass is 16.5. The van der Waals surface area contributed by atoms with Crippen LogP contribution in [-0.4, -0.2) is 63.0 Å². The van der Waals surface area contributed by atoms with Crippen LogP contribution in [0.5, 0.6) is 5.75 Å². The lowest BCUT2D eigenvalue weighted by Gasteiger charge is -2.43. The average Bonchev–Trinajstić information content (AvgIpc) is 3.05. The Kier molecular flexibility index (Phi) is 10.3. The fourth-order valence-corrected chi connectivity index (χ4v) is 6.30. The van der Waals surface area contributed by atoms with Gasteiger partial charge in [0.25, 0.3) is 5.91 Å². The predicted molar refractivity (Wildman–Crippen MR) is 159 cm³/mol. The lowest BCUT2D eigenvalue weighted by Crippen LogP contribution is -2.49. The molecule has 1 saturated heterocycles. The average molecular weight is 557 g/mol. The van der Waals surface area contributed by atoms with Crippen LogP contribution in [-0.2, 0) is 19.7 Å². The fourth-order valence-electron chi connectivity index (χ4n) is 6.30. The normalized spacial score (nSPS) is 20.2. The van der Waals surface area contributed by atoms with Crippen LogP contribution in [0, 0.1) is 0 Å². The summed E-state index contributed by atoms with van der Waals surface area (Å²) in [4.78, 5) is 36.8. The number of benzene rings is 3. The highest BCUT2D eigenvalue weighted by Gasteiger charge is 2.44. The van der Waals surface area contributed by atoms with Gasteiger partial charge in [-0.1, -0.05) is 66.7 Å². The number of para-hydroxylation sites is 1. The second-order valence-electron chi connectivity index (χ2n) is 10.5. The quantitative estimate of drug-likeness (QED) is 0.416. The summed E-state index contributed by atoms with van der Waals surface area (Å²) < 4.78 is 11.4. The van der Waals surface area contributed by atoms with Crippen LogP contribution < -0.4 is 10.1 Å². The Morgan fingerprint density at radius 2 is 1.59 bits per heavy atom. The molecular formula is C34H40N2O5.